The molecule has 0 radical (unpaired) electrons. The van der Waals surface area contributed by atoms with Crippen molar-refractivity contribution in [3.63, 3.8) is 0 Å². The number of aromatic nitrogens is 2. The first kappa shape index (κ1) is 11.9. The van der Waals surface area contributed by atoms with Gasteiger partial charge in [-0.3, -0.25) is 4.68 Å². The lowest BCUT2D eigenvalue weighted by atomic mass is 10.4. The van der Waals surface area contributed by atoms with E-state index in [2.05, 4.69) is 5.10 Å². The Bertz CT molecular complexity index is 296. The summed E-state index contributed by atoms with van der Waals surface area (Å²) in [5, 5.41) is 3.93. The highest BCUT2D eigenvalue weighted by Crippen LogP contribution is 2.20. The number of hydrogen-bond acceptors (Lipinski definition) is 2. The van der Waals surface area contributed by atoms with Crippen molar-refractivity contribution in [1.29, 1.82) is 0 Å². The third-order valence-corrected chi connectivity index (χ3v) is 1.72. The molecule has 1 heterocycles. The fraction of sp³-hybridized carbons (Fsp3) is 0.667. The van der Waals surface area contributed by atoms with Gasteiger partial charge in [-0.1, -0.05) is 6.92 Å². The van der Waals surface area contributed by atoms with Gasteiger partial charge in [0.15, 0.2) is 5.75 Å². The zero-order valence-corrected chi connectivity index (χ0v) is 8.42. The van der Waals surface area contributed by atoms with Crippen LogP contribution < -0.4 is 4.74 Å². The summed E-state index contributed by atoms with van der Waals surface area (Å²) in [6, 6.07) is 0. The lowest BCUT2D eigenvalue weighted by molar-refractivity contribution is -0.139. The highest BCUT2D eigenvalue weighted by atomic mass is 19.4. The van der Waals surface area contributed by atoms with Gasteiger partial charge in [0.25, 0.3) is 0 Å². The molecule has 86 valence electrons. The maximum absolute atomic E-state index is 11.8. The Morgan fingerprint density at radius 2 is 2.20 bits per heavy atom. The lowest BCUT2D eigenvalue weighted by Crippen LogP contribution is -2.12. The Morgan fingerprint density at radius 3 is 2.80 bits per heavy atom. The second kappa shape index (κ2) is 5.04. The molecule has 1 aromatic rings. The van der Waals surface area contributed by atoms with Crippen LogP contribution in [-0.2, 0) is 6.54 Å². The molecule has 0 N–H and O–H groups in total. The van der Waals surface area contributed by atoms with Crippen LogP contribution in [0.25, 0.3) is 0 Å². The maximum atomic E-state index is 11.8. The molecule has 3 nitrogen and oxygen atoms in total. The Hall–Kier alpha value is -1.20. The molecule has 0 spiro atoms. The Kier molecular flexibility index (Phi) is 3.99. The van der Waals surface area contributed by atoms with E-state index in [-0.39, 0.29) is 6.61 Å². The van der Waals surface area contributed by atoms with Crippen LogP contribution in [-0.4, -0.2) is 22.6 Å². The van der Waals surface area contributed by atoms with Crippen molar-refractivity contribution < 1.29 is 17.9 Å². The van der Waals surface area contributed by atoms with Crippen LogP contribution in [0.1, 0.15) is 19.8 Å². The molecular formula is C9H13F3N2O. The minimum Gasteiger partial charge on any atom is -0.490 e. The van der Waals surface area contributed by atoms with Gasteiger partial charge in [-0.25, -0.2) is 0 Å². The van der Waals surface area contributed by atoms with Gasteiger partial charge in [0, 0.05) is 6.54 Å². The van der Waals surface area contributed by atoms with Crippen LogP contribution in [0.2, 0.25) is 0 Å². The summed E-state index contributed by atoms with van der Waals surface area (Å²) in [7, 11) is 0. The SMILES string of the molecule is CCCn1cc(OCCC(F)(F)F)cn1. The molecule has 0 aromatic carbocycles. The first-order chi connectivity index (χ1) is 7.01. The van der Waals surface area contributed by atoms with Crippen LogP contribution in [0.4, 0.5) is 13.2 Å². The molecule has 0 aliphatic rings. The quantitative estimate of drug-likeness (QED) is 0.765. The second-order valence-electron chi connectivity index (χ2n) is 3.15. The van der Waals surface area contributed by atoms with Crippen molar-refractivity contribution in [1.82, 2.24) is 9.78 Å². The third-order valence-electron chi connectivity index (χ3n) is 1.72. The predicted octanol–water partition coefficient (Wildman–Crippen LogP) is 2.62. The summed E-state index contributed by atoms with van der Waals surface area (Å²) in [5.41, 5.74) is 0. The van der Waals surface area contributed by atoms with Crippen molar-refractivity contribution in [3.8, 4) is 5.75 Å². The van der Waals surface area contributed by atoms with Gasteiger partial charge in [-0.2, -0.15) is 18.3 Å². The van der Waals surface area contributed by atoms with E-state index in [0.717, 1.165) is 13.0 Å². The van der Waals surface area contributed by atoms with Crippen LogP contribution in [0.15, 0.2) is 12.4 Å². The number of aryl methyl sites for hydroxylation is 1. The smallest absolute Gasteiger partial charge is 0.392 e. The standard InChI is InChI=1S/C9H13F3N2O/c1-2-4-14-7-8(6-13-14)15-5-3-9(10,11)12/h6-7H,2-5H2,1H3. The van der Waals surface area contributed by atoms with Gasteiger partial charge < -0.3 is 4.74 Å². The van der Waals surface area contributed by atoms with Gasteiger partial charge in [0.1, 0.15) is 0 Å². The summed E-state index contributed by atoms with van der Waals surface area (Å²) in [6.07, 6.45) is -1.17. The highest BCUT2D eigenvalue weighted by molar-refractivity contribution is 5.11. The summed E-state index contributed by atoms with van der Waals surface area (Å²) in [4.78, 5) is 0. The number of nitrogens with zero attached hydrogens (tertiary/aromatic N) is 2. The summed E-state index contributed by atoms with van der Waals surface area (Å²) in [6.45, 7) is 2.37. The fourth-order valence-electron chi connectivity index (χ4n) is 1.06. The number of hydrogen-bond donors (Lipinski definition) is 0. The Morgan fingerprint density at radius 1 is 1.47 bits per heavy atom. The van der Waals surface area contributed by atoms with E-state index in [1.165, 1.54) is 6.20 Å². The van der Waals surface area contributed by atoms with Gasteiger partial charge in [-0.05, 0) is 6.42 Å². The largest absolute Gasteiger partial charge is 0.490 e. The summed E-state index contributed by atoms with van der Waals surface area (Å²) < 4.78 is 41.9. The van der Waals surface area contributed by atoms with Crippen molar-refractivity contribution in [2.45, 2.75) is 32.5 Å². The zero-order chi connectivity index (χ0) is 11.3. The normalized spacial score (nSPS) is 11.7. The maximum Gasteiger partial charge on any atom is 0.392 e. The minimum absolute atomic E-state index is 0.360. The highest BCUT2D eigenvalue weighted by Gasteiger charge is 2.26. The van der Waals surface area contributed by atoms with Crippen molar-refractivity contribution in [3.05, 3.63) is 12.4 Å². The van der Waals surface area contributed by atoms with E-state index < -0.39 is 12.6 Å². The molecule has 0 amide bonds. The molecule has 6 heteroatoms. The summed E-state index contributed by atoms with van der Waals surface area (Å²) in [5.74, 6) is 0.382. The third kappa shape index (κ3) is 4.71. The molecular weight excluding hydrogens is 209 g/mol. The second-order valence-corrected chi connectivity index (χ2v) is 3.15. The van der Waals surface area contributed by atoms with E-state index in [1.807, 2.05) is 6.92 Å². The van der Waals surface area contributed by atoms with E-state index in [4.69, 9.17) is 4.74 Å². The predicted molar refractivity (Wildman–Crippen MR) is 48.7 cm³/mol. The van der Waals surface area contributed by atoms with Crippen molar-refractivity contribution in [2.24, 2.45) is 0 Å². The number of halogens is 3. The van der Waals surface area contributed by atoms with Gasteiger partial charge >= 0.3 is 6.18 Å². The average Bonchev–Trinajstić information content (AvgIpc) is 2.51. The molecule has 0 atom stereocenters. The molecule has 1 rings (SSSR count). The Balaban J connectivity index is 2.31. The van der Waals surface area contributed by atoms with E-state index in [9.17, 15) is 13.2 Å². The zero-order valence-electron chi connectivity index (χ0n) is 8.42. The molecule has 1 aromatic heterocycles. The van der Waals surface area contributed by atoms with Crippen LogP contribution in [0, 0.1) is 0 Å². The molecule has 15 heavy (non-hydrogen) atoms. The van der Waals surface area contributed by atoms with Gasteiger partial charge in [-0.15, -0.1) is 0 Å². The van der Waals surface area contributed by atoms with Crippen LogP contribution in [0.3, 0.4) is 0 Å². The molecule has 0 aliphatic heterocycles. The average molecular weight is 222 g/mol. The number of rotatable bonds is 5. The molecule has 0 aliphatic carbocycles. The van der Waals surface area contributed by atoms with E-state index >= 15 is 0 Å². The molecule has 0 fully saturated rings. The van der Waals surface area contributed by atoms with Crippen LogP contribution >= 0.6 is 0 Å². The van der Waals surface area contributed by atoms with Crippen molar-refractivity contribution >= 4 is 0 Å². The van der Waals surface area contributed by atoms with E-state index in [0.29, 0.717) is 5.75 Å². The number of ether oxygens (including phenoxy) is 1. The minimum atomic E-state index is -4.17. The van der Waals surface area contributed by atoms with Crippen LogP contribution in [0.5, 0.6) is 5.75 Å². The molecule has 0 unspecified atom stereocenters. The monoisotopic (exact) mass is 222 g/mol. The Labute approximate surface area is 85.8 Å². The molecule has 0 bridgehead atoms. The lowest BCUT2D eigenvalue weighted by Gasteiger charge is -2.06. The summed E-state index contributed by atoms with van der Waals surface area (Å²) >= 11 is 0. The number of alkyl halides is 3. The molecule has 0 saturated carbocycles. The topological polar surface area (TPSA) is 27.1 Å². The first-order valence-corrected chi connectivity index (χ1v) is 4.73. The van der Waals surface area contributed by atoms with Gasteiger partial charge in [0.2, 0.25) is 0 Å². The molecule has 0 saturated heterocycles. The van der Waals surface area contributed by atoms with Gasteiger partial charge in [0.05, 0.1) is 25.4 Å². The first-order valence-electron chi connectivity index (χ1n) is 4.73. The van der Waals surface area contributed by atoms with Crippen molar-refractivity contribution in [2.75, 3.05) is 6.61 Å². The fourth-order valence-corrected chi connectivity index (χ4v) is 1.06. The van der Waals surface area contributed by atoms with E-state index in [1.54, 1.807) is 10.9 Å².